The Morgan fingerprint density at radius 3 is 2.79 bits per heavy atom. The quantitative estimate of drug-likeness (QED) is 0.799. The largest absolute Gasteiger partial charge is 0.481 e. The van der Waals surface area contributed by atoms with E-state index in [-0.39, 0.29) is 6.04 Å². The summed E-state index contributed by atoms with van der Waals surface area (Å²) in [4.78, 5) is 12.3. The van der Waals surface area contributed by atoms with E-state index in [9.17, 15) is 4.79 Å². The van der Waals surface area contributed by atoms with Crippen molar-refractivity contribution in [2.45, 2.75) is 18.9 Å². The first kappa shape index (κ1) is 9.68. The van der Waals surface area contributed by atoms with Crippen molar-refractivity contribution >= 4 is 17.3 Å². The molecular weight excluding hydrogens is 198 g/mol. The monoisotopic (exact) mass is 211 g/mol. The minimum absolute atomic E-state index is 0.0278. The van der Waals surface area contributed by atoms with Crippen LogP contribution in [0.25, 0.3) is 0 Å². The average molecular weight is 211 g/mol. The molecule has 3 nitrogen and oxygen atoms in total. The Bertz CT molecular complexity index is 330. The summed E-state index contributed by atoms with van der Waals surface area (Å²) in [6, 6.07) is 3.93. The van der Waals surface area contributed by atoms with Gasteiger partial charge in [0, 0.05) is 4.88 Å². The van der Waals surface area contributed by atoms with Gasteiger partial charge in [-0.05, 0) is 31.3 Å². The molecule has 1 aliphatic rings. The topological polar surface area (TPSA) is 49.3 Å². The van der Waals surface area contributed by atoms with Gasteiger partial charge < -0.3 is 10.4 Å². The Labute approximate surface area is 86.8 Å². The van der Waals surface area contributed by atoms with E-state index in [0.717, 1.165) is 17.7 Å². The van der Waals surface area contributed by atoms with Crippen LogP contribution in [-0.4, -0.2) is 18.1 Å². The summed E-state index contributed by atoms with van der Waals surface area (Å²) in [7, 11) is 1.83. The molecule has 1 saturated carbocycles. The molecule has 0 aromatic carbocycles. The number of aliphatic carboxylic acids is 1. The molecule has 1 heterocycles. The maximum atomic E-state index is 11.1. The zero-order chi connectivity index (χ0) is 10.2. The van der Waals surface area contributed by atoms with Crippen LogP contribution in [0.4, 0.5) is 0 Å². The lowest BCUT2D eigenvalue weighted by atomic mass is 9.95. The first-order chi connectivity index (χ1) is 6.70. The lowest BCUT2D eigenvalue weighted by Crippen LogP contribution is -2.31. The molecule has 1 aliphatic carbocycles. The van der Waals surface area contributed by atoms with Crippen LogP contribution in [0.2, 0.25) is 0 Å². The molecule has 0 aliphatic heterocycles. The zero-order valence-corrected chi connectivity index (χ0v) is 8.80. The van der Waals surface area contributed by atoms with Crippen molar-refractivity contribution in [3.63, 3.8) is 0 Å². The molecule has 0 radical (unpaired) electrons. The van der Waals surface area contributed by atoms with E-state index in [0.29, 0.717) is 0 Å². The third kappa shape index (κ3) is 1.35. The third-order valence-corrected chi connectivity index (χ3v) is 3.82. The van der Waals surface area contributed by atoms with Crippen molar-refractivity contribution in [3.05, 3.63) is 22.4 Å². The molecule has 0 saturated heterocycles. The van der Waals surface area contributed by atoms with Crippen molar-refractivity contribution in [3.8, 4) is 0 Å². The van der Waals surface area contributed by atoms with Gasteiger partial charge in [0.15, 0.2) is 0 Å². The molecule has 0 amide bonds. The van der Waals surface area contributed by atoms with Crippen LogP contribution in [-0.2, 0) is 4.79 Å². The van der Waals surface area contributed by atoms with Gasteiger partial charge >= 0.3 is 5.97 Å². The molecule has 4 heteroatoms. The molecule has 0 spiro atoms. The van der Waals surface area contributed by atoms with E-state index in [4.69, 9.17) is 5.11 Å². The normalized spacial score (nSPS) is 20.4. The number of hydrogen-bond donors (Lipinski definition) is 2. The smallest absolute Gasteiger partial charge is 0.311 e. The summed E-state index contributed by atoms with van der Waals surface area (Å²) in [6.07, 6.45) is 1.57. The number of hydrogen-bond acceptors (Lipinski definition) is 3. The van der Waals surface area contributed by atoms with E-state index in [2.05, 4.69) is 5.32 Å². The lowest BCUT2D eigenvalue weighted by Gasteiger charge is -2.21. The van der Waals surface area contributed by atoms with E-state index in [1.54, 1.807) is 11.3 Å². The predicted octanol–water partition coefficient (Wildman–Crippen LogP) is 1.87. The van der Waals surface area contributed by atoms with Crippen LogP contribution in [0.3, 0.4) is 0 Å². The highest BCUT2D eigenvalue weighted by atomic mass is 32.1. The van der Waals surface area contributed by atoms with Crippen LogP contribution in [0.1, 0.15) is 23.8 Å². The molecule has 1 atom stereocenters. The van der Waals surface area contributed by atoms with E-state index in [1.807, 2.05) is 24.6 Å². The summed E-state index contributed by atoms with van der Waals surface area (Å²) >= 11 is 1.61. The Morgan fingerprint density at radius 2 is 2.43 bits per heavy atom. The van der Waals surface area contributed by atoms with Crippen LogP contribution < -0.4 is 5.32 Å². The summed E-state index contributed by atoms with van der Waals surface area (Å²) in [5.74, 6) is -0.676. The highest BCUT2D eigenvalue weighted by Crippen LogP contribution is 2.55. The Kier molecular flexibility index (Phi) is 2.33. The summed E-state index contributed by atoms with van der Waals surface area (Å²) < 4.78 is 0. The Hall–Kier alpha value is -0.870. The molecule has 2 N–H and O–H groups in total. The van der Waals surface area contributed by atoms with Gasteiger partial charge in [-0.2, -0.15) is 0 Å². The number of carboxylic acid groups (broad SMARTS) is 1. The van der Waals surface area contributed by atoms with Gasteiger partial charge in [0.05, 0.1) is 11.5 Å². The maximum Gasteiger partial charge on any atom is 0.311 e. The van der Waals surface area contributed by atoms with Gasteiger partial charge in [-0.15, -0.1) is 11.3 Å². The van der Waals surface area contributed by atoms with Crippen molar-refractivity contribution < 1.29 is 9.90 Å². The molecule has 2 rings (SSSR count). The number of carboxylic acids is 1. The number of nitrogens with one attached hydrogen (secondary N) is 1. The Balaban J connectivity index is 2.27. The average Bonchev–Trinajstić information content (AvgIpc) is 2.77. The maximum absolute atomic E-state index is 11.1. The van der Waals surface area contributed by atoms with Crippen molar-refractivity contribution in [1.82, 2.24) is 5.32 Å². The first-order valence-electron chi connectivity index (χ1n) is 4.65. The van der Waals surface area contributed by atoms with Gasteiger partial charge in [0.25, 0.3) is 0 Å². The van der Waals surface area contributed by atoms with Gasteiger partial charge in [-0.3, -0.25) is 4.79 Å². The highest BCUT2D eigenvalue weighted by molar-refractivity contribution is 7.10. The second-order valence-electron chi connectivity index (χ2n) is 3.70. The van der Waals surface area contributed by atoms with Crippen molar-refractivity contribution in [2.75, 3.05) is 7.05 Å². The SMILES string of the molecule is CNC(c1cccs1)C1(C(=O)O)CC1. The predicted molar refractivity (Wildman–Crippen MR) is 55.4 cm³/mol. The fraction of sp³-hybridized carbons (Fsp3) is 0.500. The highest BCUT2D eigenvalue weighted by Gasteiger charge is 2.56. The van der Waals surface area contributed by atoms with Crippen LogP contribution in [0.15, 0.2) is 17.5 Å². The van der Waals surface area contributed by atoms with Gasteiger partial charge in [-0.1, -0.05) is 6.07 Å². The van der Waals surface area contributed by atoms with E-state index >= 15 is 0 Å². The molecule has 14 heavy (non-hydrogen) atoms. The van der Waals surface area contributed by atoms with Gasteiger partial charge in [0.1, 0.15) is 0 Å². The number of carbonyl (C=O) groups is 1. The molecular formula is C10H13NO2S. The summed E-state index contributed by atoms with van der Waals surface area (Å²) in [5.41, 5.74) is -0.542. The third-order valence-electron chi connectivity index (χ3n) is 2.88. The molecule has 1 unspecified atom stereocenters. The summed E-state index contributed by atoms with van der Waals surface area (Å²) in [5, 5.41) is 14.3. The van der Waals surface area contributed by atoms with Gasteiger partial charge in [0.2, 0.25) is 0 Å². The minimum atomic E-state index is -0.676. The lowest BCUT2D eigenvalue weighted by molar-refractivity contribution is -0.144. The van der Waals surface area contributed by atoms with Crippen LogP contribution in [0.5, 0.6) is 0 Å². The van der Waals surface area contributed by atoms with Crippen LogP contribution >= 0.6 is 11.3 Å². The number of rotatable bonds is 4. The van der Waals surface area contributed by atoms with Crippen LogP contribution in [0, 0.1) is 5.41 Å². The van der Waals surface area contributed by atoms with E-state index in [1.165, 1.54) is 0 Å². The van der Waals surface area contributed by atoms with Crippen molar-refractivity contribution in [2.24, 2.45) is 5.41 Å². The molecule has 0 bridgehead atoms. The molecule has 1 aromatic rings. The number of thiophene rings is 1. The minimum Gasteiger partial charge on any atom is -0.481 e. The fourth-order valence-corrected chi connectivity index (χ4v) is 2.86. The molecule has 76 valence electrons. The second-order valence-corrected chi connectivity index (χ2v) is 4.68. The second kappa shape index (κ2) is 3.37. The van der Waals surface area contributed by atoms with Gasteiger partial charge in [-0.25, -0.2) is 0 Å². The fourth-order valence-electron chi connectivity index (χ4n) is 1.91. The Morgan fingerprint density at radius 1 is 1.71 bits per heavy atom. The molecule has 1 aromatic heterocycles. The summed E-state index contributed by atoms with van der Waals surface area (Å²) in [6.45, 7) is 0. The standard InChI is InChI=1S/C10H13NO2S/c1-11-8(7-3-2-6-14-7)10(4-5-10)9(12)13/h2-3,6,8,11H,4-5H2,1H3,(H,12,13). The van der Waals surface area contributed by atoms with Crippen molar-refractivity contribution in [1.29, 1.82) is 0 Å². The zero-order valence-electron chi connectivity index (χ0n) is 7.99. The van der Waals surface area contributed by atoms with E-state index < -0.39 is 11.4 Å². The molecule has 1 fully saturated rings. The first-order valence-corrected chi connectivity index (χ1v) is 5.53.